The van der Waals surface area contributed by atoms with Gasteiger partial charge < -0.3 is 14.2 Å². The van der Waals surface area contributed by atoms with Crippen LogP contribution in [0.1, 0.15) is 0 Å². The Bertz CT molecular complexity index is 394. The first-order chi connectivity index (χ1) is 8.09. The molecule has 1 unspecified atom stereocenters. The van der Waals surface area contributed by atoms with Gasteiger partial charge in [-0.15, -0.1) is 6.58 Å². The molecule has 1 rings (SSSR count). The number of carbonyl (C=O) groups excluding carboxylic acids is 2. The van der Waals surface area contributed by atoms with Crippen LogP contribution in [-0.4, -0.2) is 38.4 Å². The molecule has 0 saturated heterocycles. The van der Waals surface area contributed by atoms with Crippen LogP contribution in [0.5, 0.6) is 0 Å². The van der Waals surface area contributed by atoms with Crippen molar-refractivity contribution in [3.63, 3.8) is 0 Å². The van der Waals surface area contributed by atoms with Gasteiger partial charge in [-0.25, -0.2) is 4.79 Å². The first-order valence-corrected chi connectivity index (χ1v) is 4.93. The van der Waals surface area contributed by atoms with Crippen LogP contribution in [0.25, 0.3) is 0 Å². The Labute approximate surface area is 99.3 Å². The number of esters is 1. The quantitative estimate of drug-likeness (QED) is 0.402. The lowest BCUT2D eigenvalue weighted by Crippen LogP contribution is -2.42. The topological polar surface area (TPSA) is 61.8 Å². The maximum Gasteiger partial charge on any atom is 0.337 e. The molecule has 1 aliphatic rings. The zero-order valence-electron chi connectivity index (χ0n) is 9.76. The molecule has 0 fully saturated rings. The second kappa shape index (κ2) is 5.56. The Morgan fingerprint density at radius 3 is 2.71 bits per heavy atom. The summed E-state index contributed by atoms with van der Waals surface area (Å²) >= 11 is 0. The molecule has 0 heterocycles. The van der Waals surface area contributed by atoms with Gasteiger partial charge >= 0.3 is 5.97 Å². The van der Waals surface area contributed by atoms with Gasteiger partial charge in [-0.2, -0.15) is 0 Å². The predicted octanol–water partition coefficient (Wildman–Crippen LogP) is 0.770. The number of methoxy groups -OCH3 is 2. The summed E-state index contributed by atoms with van der Waals surface area (Å²) in [5.41, 5.74) is 0.160. The van der Waals surface area contributed by atoms with Crippen LogP contribution in [-0.2, 0) is 23.8 Å². The van der Waals surface area contributed by atoms with Crippen LogP contribution in [0.2, 0.25) is 0 Å². The van der Waals surface area contributed by atoms with Gasteiger partial charge in [0.1, 0.15) is 0 Å². The van der Waals surface area contributed by atoms with E-state index in [1.807, 2.05) is 0 Å². The molecule has 5 nitrogen and oxygen atoms in total. The van der Waals surface area contributed by atoms with Crippen molar-refractivity contribution in [3.05, 3.63) is 36.5 Å². The van der Waals surface area contributed by atoms with E-state index in [1.165, 1.54) is 32.4 Å². The lowest BCUT2D eigenvalue weighted by Gasteiger charge is -2.28. The number of ketones is 1. The Morgan fingerprint density at radius 1 is 1.53 bits per heavy atom. The lowest BCUT2D eigenvalue weighted by molar-refractivity contribution is -0.187. The van der Waals surface area contributed by atoms with Gasteiger partial charge in [0.25, 0.3) is 5.79 Å². The second-order valence-electron chi connectivity index (χ2n) is 3.26. The lowest BCUT2D eigenvalue weighted by atomic mass is 10.0. The smallest absolute Gasteiger partial charge is 0.337 e. The van der Waals surface area contributed by atoms with Crippen LogP contribution >= 0.6 is 0 Å². The highest BCUT2D eigenvalue weighted by molar-refractivity contribution is 6.07. The Kier molecular flexibility index (Phi) is 4.37. The van der Waals surface area contributed by atoms with Crippen LogP contribution in [0.3, 0.4) is 0 Å². The van der Waals surface area contributed by atoms with E-state index in [1.54, 1.807) is 0 Å². The largest absolute Gasteiger partial charge is 0.465 e. The Hall–Kier alpha value is -1.72. The maximum absolute atomic E-state index is 11.9. The number of hydrogen-bond donors (Lipinski definition) is 0. The van der Waals surface area contributed by atoms with Gasteiger partial charge in [0, 0.05) is 13.2 Å². The van der Waals surface area contributed by atoms with E-state index in [0.29, 0.717) is 0 Å². The molecule has 92 valence electrons. The SMILES string of the molecule is C=CCOC1(OC)C=CC(C(=O)OC)=CC1=O. The van der Waals surface area contributed by atoms with E-state index in [4.69, 9.17) is 9.47 Å². The van der Waals surface area contributed by atoms with Crippen LogP contribution in [0, 0.1) is 0 Å². The third-order valence-corrected chi connectivity index (χ3v) is 2.25. The third kappa shape index (κ3) is 2.69. The average molecular weight is 238 g/mol. The Morgan fingerprint density at radius 2 is 2.24 bits per heavy atom. The van der Waals surface area contributed by atoms with E-state index >= 15 is 0 Å². The number of rotatable bonds is 5. The molecule has 0 amide bonds. The highest BCUT2D eigenvalue weighted by Gasteiger charge is 2.38. The average Bonchev–Trinajstić information content (AvgIpc) is 2.36. The fourth-order valence-corrected chi connectivity index (χ4v) is 1.35. The van der Waals surface area contributed by atoms with Crippen molar-refractivity contribution < 1.29 is 23.8 Å². The minimum absolute atomic E-state index is 0.158. The van der Waals surface area contributed by atoms with E-state index < -0.39 is 17.5 Å². The molecule has 5 heteroatoms. The molecule has 0 saturated carbocycles. The molecule has 0 aromatic carbocycles. The summed E-state index contributed by atoms with van der Waals surface area (Å²) < 4.78 is 14.8. The van der Waals surface area contributed by atoms with Crippen molar-refractivity contribution in [1.82, 2.24) is 0 Å². The van der Waals surface area contributed by atoms with Crippen molar-refractivity contribution in [1.29, 1.82) is 0 Å². The fourth-order valence-electron chi connectivity index (χ4n) is 1.35. The molecule has 0 bridgehead atoms. The summed E-state index contributed by atoms with van der Waals surface area (Å²) in [5.74, 6) is -2.53. The summed E-state index contributed by atoms with van der Waals surface area (Å²) in [6.07, 6.45) is 5.45. The molecule has 0 radical (unpaired) electrons. The minimum atomic E-state index is -1.48. The number of ether oxygens (including phenoxy) is 3. The molecule has 17 heavy (non-hydrogen) atoms. The fraction of sp³-hybridized carbons (Fsp3) is 0.333. The molecule has 0 spiro atoms. The van der Waals surface area contributed by atoms with Crippen molar-refractivity contribution in [2.75, 3.05) is 20.8 Å². The van der Waals surface area contributed by atoms with Crippen molar-refractivity contribution in [3.8, 4) is 0 Å². The van der Waals surface area contributed by atoms with Crippen LogP contribution in [0.15, 0.2) is 36.5 Å². The molecule has 1 atom stereocenters. The van der Waals surface area contributed by atoms with Crippen LogP contribution in [0.4, 0.5) is 0 Å². The highest BCUT2D eigenvalue weighted by Crippen LogP contribution is 2.23. The molecular formula is C12H14O5. The molecule has 1 aliphatic carbocycles. The van der Waals surface area contributed by atoms with E-state index in [9.17, 15) is 9.59 Å². The Balaban J connectivity index is 2.92. The monoisotopic (exact) mass is 238 g/mol. The maximum atomic E-state index is 11.9. The summed E-state index contributed by atoms with van der Waals surface area (Å²) in [7, 11) is 2.59. The first-order valence-electron chi connectivity index (χ1n) is 4.93. The molecule has 0 aliphatic heterocycles. The molecular weight excluding hydrogens is 224 g/mol. The molecule has 0 aromatic rings. The standard InChI is InChI=1S/C12H14O5/c1-4-7-17-12(16-3)6-5-9(8-10(12)13)11(14)15-2/h4-6,8H,1,7H2,2-3H3. The van der Waals surface area contributed by atoms with Crippen LogP contribution < -0.4 is 0 Å². The number of carbonyl (C=O) groups is 2. The summed E-state index contributed by atoms with van der Waals surface area (Å²) in [4.78, 5) is 23.1. The van der Waals surface area contributed by atoms with E-state index in [0.717, 1.165) is 6.08 Å². The second-order valence-corrected chi connectivity index (χ2v) is 3.26. The number of hydrogen-bond acceptors (Lipinski definition) is 5. The van der Waals surface area contributed by atoms with Gasteiger partial charge in [-0.05, 0) is 12.2 Å². The summed E-state index contributed by atoms with van der Waals surface area (Å²) in [6.45, 7) is 3.64. The van der Waals surface area contributed by atoms with Crippen molar-refractivity contribution in [2.45, 2.75) is 5.79 Å². The van der Waals surface area contributed by atoms with Gasteiger partial charge in [-0.1, -0.05) is 6.08 Å². The minimum Gasteiger partial charge on any atom is -0.465 e. The third-order valence-electron chi connectivity index (χ3n) is 2.25. The predicted molar refractivity (Wildman–Crippen MR) is 60.1 cm³/mol. The zero-order valence-corrected chi connectivity index (χ0v) is 9.76. The van der Waals surface area contributed by atoms with Crippen molar-refractivity contribution in [2.24, 2.45) is 0 Å². The normalized spacial score (nSPS) is 23.2. The van der Waals surface area contributed by atoms with Gasteiger partial charge in [0.15, 0.2) is 0 Å². The summed E-state index contributed by atoms with van der Waals surface area (Å²) in [5, 5.41) is 0. The van der Waals surface area contributed by atoms with Gasteiger partial charge in [0.05, 0.1) is 19.3 Å². The zero-order chi connectivity index (χ0) is 12.9. The van der Waals surface area contributed by atoms with Gasteiger partial charge in [0.2, 0.25) is 5.78 Å². The van der Waals surface area contributed by atoms with Gasteiger partial charge in [-0.3, -0.25) is 4.79 Å². The summed E-state index contributed by atoms with van der Waals surface area (Å²) in [6, 6.07) is 0. The molecule has 0 N–H and O–H groups in total. The molecule has 0 aromatic heterocycles. The van der Waals surface area contributed by atoms with E-state index in [-0.39, 0.29) is 12.2 Å². The highest BCUT2D eigenvalue weighted by atomic mass is 16.7. The van der Waals surface area contributed by atoms with Crippen molar-refractivity contribution >= 4 is 11.8 Å². The first kappa shape index (κ1) is 13.3. The van der Waals surface area contributed by atoms with E-state index in [2.05, 4.69) is 11.3 Å².